The number of piperidine rings is 1. The van der Waals surface area contributed by atoms with E-state index in [2.05, 4.69) is 17.5 Å². The first-order valence-corrected chi connectivity index (χ1v) is 6.44. The van der Waals surface area contributed by atoms with Crippen LogP contribution in [0.1, 0.15) is 32.1 Å². The molecule has 0 spiro atoms. The van der Waals surface area contributed by atoms with Crippen molar-refractivity contribution >= 4 is 12.6 Å². The van der Waals surface area contributed by atoms with Gasteiger partial charge in [-0.15, -0.1) is 0 Å². The van der Waals surface area contributed by atoms with E-state index in [0.29, 0.717) is 12.5 Å². The van der Waals surface area contributed by atoms with E-state index in [1.165, 1.54) is 51.7 Å². The van der Waals surface area contributed by atoms with E-state index in [9.17, 15) is 0 Å². The van der Waals surface area contributed by atoms with Gasteiger partial charge in [0.25, 0.3) is 0 Å². The third-order valence-electron chi connectivity index (χ3n) is 3.10. The van der Waals surface area contributed by atoms with Crippen LogP contribution >= 0.6 is 12.6 Å². The second kappa shape index (κ2) is 7.55. The van der Waals surface area contributed by atoms with Crippen molar-refractivity contribution in [2.75, 3.05) is 32.0 Å². The molecule has 2 nitrogen and oxygen atoms in total. The number of unbranched alkanes of at least 4 members (excludes halogenated alkanes) is 2. The molecule has 14 heavy (non-hydrogen) atoms. The first kappa shape index (κ1) is 12.3. The Kier molecular flexibility index (Phi) is 6.65. The molecule has 0 aromatic heterocycles. The van der Waals surface area contributed by atoms with Crippen molar-refractivity contribution < 1.29 is 5.11 Å². The number of likely N-dealkylation sites (tertiary alicyclic amines) is 1. The molecule has 1 N–H and O–H groups in total. The lowest BCUT2D eigenvalue weighted by Crippen LogP contribution is -2.35. The summed E-state index contributed by atoms with van der Waals surface area (Å²) in [4.78, 5) is 2.53. The summed E-state index contributed by atoms with van der Waals surface area (Å²) < 4.78 is 0. The van der Waals surface area contributed by atoms with Gasteiger partial charge in [-0.05, 0) is 57.0 Å². The fourth-order valence-corrected chi connectivity index (χ4v) is 2.24. The maximum absolute atomic E-state index is 9.00. The summed E-state index contributed by atoms with van der Waals surface area (Å²) in [7, 11) is 0. The van der Waals surface area contributed by atoms with Crippen molar-refractivity contribution in [2.24, 2.45) is 5.92 Å². The molecule has 0 atom stereocenters. The third-order valence-corrected chi connectivity index (χ3v) is 3.41. The van der Waals surface area contributed by atoms with Crippen molar-refractivity contribution in [1.29, 1.82) is 0 Å². The second-order valence-electron chi connectivity index (χ2n) is 4.25. The van der Waals surface area contributed by atoms with Gasteiger partial charge in [0.15, 0.2) is 0 Å². The molecule has 1 rings (SSSR count). The lowest BCUT2D eigenvalue weighted by molar-refractivity contribution is 0.130. The smallest absolute Gasteiger partial charge is 0.0460 e. The summed E-state index contributed by atoms with van der Waals surface area (Å²) in [6, 6.07) is 0. The molecule has 3 heteroatoms. The van der Waals surface area contributed by atoms with Crippen molar-refractivity contribution in [2.45, 2.75) is 32.1 Å². The van der Waals surface area contributed by atoms with Crippen LogP contribution in [0.15, 0.2) is 0 Å². The van der Waals surface area contributed by atoms with Crippen molar-refractivity contribution in [3.05, 3.63) is 0 Å². The van der Waals surface area contributed by atoms with Gasteiger partial charge in [0.2, 0.25) is 0 Å². The summed E-state index contributed by atoms with van der Waals surface area (Å²) >= 11 is 4.20. The highest BCUT2D eigenvalue weighted by Gasteiger charge is 2.17. The summed E-state index contributed by atoms with van der Waals surface area (Å²) in [5.74, 6) is 1.59. The lowest BCUT2D eigenvalue weighted by atomic mass is 9.98. The molecule has 1 fully saturated rings. The highest BCUT2D eigenvalue weighted by Crippen LogP contribution is 2.16. The van der Waals surface area contributed by atoms with Gasteiger partial charge in [-0.3, -0.25) is 0 Å². The van der Waals surface area contributed by atoms with Gasteiger partial charge in [-0.1, -0.05) is 6.42 Å². The lowest BCUT2D eigenvalue weighted by Gasteiger charge is -2.30. The van der Waals surface area contributed by atoms with Gasteiger partial charge in [0, 0.05) is 6.61 Å². The molecular weight excluding hydrogens is 194 g/mol. The maximum Gasteiger partial charge on any atom is 0.0460 e. The Labute approximate surface area is 93.1 Å². The minimum absolute atomic E-state index is 0.382. The van der Waals surface area contributed by atoms with Crippen LogP contribution in [0.5, 0.6) is 0 Å². The average Bonchev–Trinajstić information content (AvgIpc) is 2.25. The fourth-order valence-electron chi connectivity index (χ4n) is 2.02. The van der Waals surface area contributed by atoms with Crippen LogP contribution < -0.4 is 0 Å². The molecule has 0 unspecified atom stereocenters. The number of aliphatic hydroxyl groups excluding tert-OH is 1. The Morgan fingerprint density at radius 1 is 1.14 bits per heavy atom. The van der Waals surface area contributed by atoms with Gasteiger partial charge < -0.3 is 10.0 Å². The van der Waals surface area contributed by atoms with E-state index in [0.717, 1.165) is 5.75 Å². The van der Waals surface area contributed by atoms with Gasteiger partial charge in [-0.25, -0.2) is 0 Å². The number of aliphatic hydroxyl groups is 1. The zero-order chi connectivity index (χ0) is 10.2. The van der Waals surface area contributed by atoms with Crippen molar-refractivity contribution in [3.8, 4) is 0 Å². The molecule has 0 aliphatic carbocycles. The van der Waals surface area contributed by atoms with E-state index >= 15 is 0 Å². The molecule has 0 aromatic carbocycles. The Hall–Kier alpha value is 0.270. The van der Waals surface area contributed by atoms with Crippen molar-refractivity contribution in [3.63, 3.8) is 0 Å². The molecule has 1 aliphatic rings. The third kappa shape index (κ3) is 4.67. The normalized spacial score (nSPS) is 20.1. The standard InChI is InChI=1S/C11H23NOS/c13-10-11-4-7-12(8-5-11)6-2-1-3-9-14/h11,13-14H,1-10H2. The van der Waals surface area contributed by atoms with Crippen LogP contribution in [-0.4, -0.2) is 42.0 Å². The van der Waals surface area contributed by atoms with Crippen molar-refractivity contribution in [1.82, 2.24) is 4.90 Å². The first-order valence-electron chi connectivity index (χ1n) is 5.81. The Balaban J connectivity index is 1.98. The van der Waals surface area contributed by atoms with Crippen LogP contribution in [0, 0.1) is 5.92 Å². The zero-order valence-electron chi connectivity index (χ0n) is 8.99. The quantitative estimate of drug-likeness (QED) is 0.523. The predicted molar refractivity (Wildman–Crippen MR) is 64.0 cm³/mol. The number of nitrogens with zero attached hydrogens (tertiary/aromatic N) is 1. The number of thiol groups is 1. The summed E-state index contributed by atoms with van der Waals surface area (Å²) in [6.07, 6.45) is 6.23. The predicted octanol–water partition coefficient (Wildman–Crippen LogP) is 1.79. The average molecular weight is 217 g/mol. The number of rotatable bonds is 6. The van der Waals surface area contributed by atoms with Crippen LogP contribution in [0.2, 0.25) is 0 Å². The van der Waals surface area contributed by atoms with Crippen LogP contribution in [0.25, 0.3) is 0 Å². The topological polar surface area (TPSA) is 23.5 Å². The highest BCUT2D eigenvalue weighted by atomic mass is 32.1. The molecule has 1 saturated heterocycles. The van der Waals surface area contributed by atoms with E-state index < -0.39 is 0 Å². The molecule has 0 radical (unpaired) electrons. The van der Waals surface area contributed by atoms with E-state index in [-0.39, 0.29) is 0 Å². The molecule has 84 valence electrons. The molecular formula is C11H23NOS. The minimum Gasteiger partial charge on any atom is -0.396 e. The number of hydrogen-bond donors (Lipinski definition) is 2. The van der Waals surface area contributed by atoms with Gasteiger partial charge in [-0.2, -0.15) is 12.6 Å². The fraction of sp³-hybridized carbons (Fsp3) is 1.00. The van der Waals surface area contributed by atoms with Gasteiger partial charge in [0.05, 0.1) is 0 Å². The molecule has 0 saturated carbocycles. The minimum atomic E-state index is 0.382. The van der Waals surface area contributed by atoms with Crippen LogP contribution in [0.4, 0.5) is 0 Å². The van der Waals surface area contributed by atoms with E-state index in [1.807, 2.05) is 0 Å². The Morgan fingerprint density at radius 2 is 1.86 bits per heavy atom. The van der Waals surface area contributed by atoms with Gasteiger partial charge in [0.1, 0.15) is 0 Å². The molecule has 0 amide bonds. The molecule has 1 heterocycles. The highest BCUT2D eigenvalue weighted by molar-refractivity contribution is 7.80. The molecule has 0 aromatic rings. The Bertz CT molecular complexity index is 135. The molecule has 0 bridgehead atoms. The second-order valence-corrected chi connectivity index (χ2v) is 4.70. The summed E-state index contributed by atoms with van der Waals surface area (Å²) in [5.41, 5.74) is 0. The summed E-state index contributed by atoms with van der Waals surface area (Å²) in [5, 5.41) is 9.00. The summed E-state index contributed by atoms with van der Waals surface area (Å²) in [6.45, 7) is 4.00. The molecule has 1 aliphatic heterocycles. The van der Waals surface area contributed by atoms with Crippen LogP contribution in [-0.2, 0) is 0 Å². The van der Waals surface area contributed by atoms with E-state index in [4.69, 9.17) is 5.11 Å². The van der Waals surface area contributed by atoms with Gasteiger partial charge >= 0.3 is 0 Å². The Morgan fingerprint density at radius 3 is 2.43 bits per heavy atom. The SMILES string of the molecule is OCC1CCN(CCCCCS)CC1. The van der Waals surface area contributed by atoms with Crippen LogP contribution in [0.3, 0.4) is 0 Å². The largest absolute Gasteiger partial charge is 0.396 e. The number of hydrogen-bond acceptors (Lipinski definition) is 3. The first-order chi connectivity index (χ1) is 6.86. The maximum atomic E-state index is 9.00. The van der Waals surface area contributed by atoms with E-state index in [1.54, 1.807) is 0 Å². The zero-order valence-corrected chi connectivity index (χ0v) is 9.88. The monoisotopic (exact) mass is 217 g/mol.